The van der Waals surface area contributed by atoms with Gasteiger partial charge in [0.2, 0.25) is 0 Å². The summed E-state index contributed by atoms with van der Waals surface area (Å²) >= 11 is 9.58. The Morgan fingerprint density at radius 3 is 0.684 bits per heavy atom. The molecule has 0 aliphatic carbocycles. The van der Waals surface area contributed by atoms with Gasteiger partial charge in [0, 0.05) is 0 Å². The summed E-state index contributed by atoms with van der Waals surface area (Å²) in [5.41, 5.74) is 0.713. The van der Waals surface area contributed by atoms with E-state index in [0.29, 0.717) is 10.8 Å². The first-order valence-corrected chi connectivity index (χ1v) is 7.75. The Bertz CT molecular complexity index is 108. The van der Waals surface area contributed by atoms with Crippen molar-refractivity contribution in [2.45, 2.75) is 69.2 Å². The summed E-state index contributed by atoms with van der Waals surface area (Å²) < 4.78 is 0. The first-order chi connectivity index (χ1) is 7.95. The molecular formula is C16H36S2Sn. The van der Waals surface area contributed by atoms with E-state index < -0.39 is 0 Å². The molecule has 3 heteroatoms. The van der Waals surface area contributed by atoms with Crippen molar-refractivity contribution in [1.82, 2.24) is 0 Å². The first kappa shape index (κ1) is 32.4. The van der Waals surface area contributed by atoms with Gasteiger partial charge >= 0.3 is 23.9 Å². The maximum absolute atomic E-state index is 4.79. The zero-order chi connectivity index (χ0) is 15.8. The largest absolute Gasteiger partial charge is 2.00 e. The normalized spacial score (nSPS) is 9.47. The predicted octanol–water partition coefficient (Wildman–Crippen LogP) is 5.24. The fourth-order valence-electron chi connectivity index (χ4n) is 0. The van der Waals surface area contributed by atoms with Crippen LogP contribution in [-0.4, -0.2) is 35.4 Å². The van der Waals surface area contributed by atoms with E-state index in [9.17, 15) is 0 Å². The Morgan fingerprint density at radius 2 is 0.684 bits per heavy atom. The molecular weight excluding hydrogens is 375 g/mol. The molecule has 0 aliphatic heterocycles. The summed E-state index contributed by atoms with van der Waals surface area (Å²) in [6.45, 7) is 20.8. The fourth-order valence-corrected chi connectivity index (χ4v) is 0. The van der Waals surface area contributed by atoms with Crippen LogP contribution in [-0.2, 0) is 25.3 Å². The molecule has 0 heterocycles. The SMILES string of the molecule is CC(C)(C)C[S-].CC(C)(C)C[S-].C[CH]C.C[CH]C.[Sn+2]. The quantitative estimate of drug-likeness (QED) is 0.395. The molecule has 0 N–H and O–H groups in total. The van der Waals surface area contributed by atoms with Gasteiger partial charge in [0.05, 0.1) is 0 Å². The number of hydrogen-bond acceptors (Lipinski definition) is 2. The Labute approximate surface area is 153 Å². The van der Waals surface area contributed by atoms with Crippen LogP contribution in [0.15, 0.2) is 0 Å². The monoisotopic (exact) mass is 412 g/mol. The molecule has 0 aromatic rings. The zero-order valence-electron chi connectivity index (χ0n) is 14.9. The summed E-state index contributed by atoms with van der Waals surface area (Å²) in [5, 5.41) is 0. The molecule has 0 aromatic heterocycles. The van der Waals surface area contributed by atoms with E-state index in [1.165, 1.54) is 0 Å². The van der Waals surface area contributed by atoms with Crippen LogP contribution in [0, 0.1) is 23.7 Å². The molecule has 0 saturated heterocycles. The van der Waals surface area contributed by atoms with Crippen LogP contribution < -0.4 is 0 Å². The molecule has 19 heavy (non-hydrogen) atoms. The van der Waals surface area contributed by atoms with Gasteiger partial charge in [-0.15, -0.1) is 0 Å². The molecule has 0 spiro atoms. The molecule has 116 valence electrons. The standard InChI is InChI=1S/2C5H12S.2C3H7.Sn/c2*1-5(2,3)4-6;2*1-3-2;/h2*6H,4H2,1-3H3;2*3H,1-2H3;/q;;;;+2/p-2. The molecule has 0 aliphatic rings. The molecule has 0 unspecified atom stereocenters. The fraction of sp³-hybridized carbons (Fsp3) is 0.875. The van der Waals surface area contributed by atoms with Crippen LogP contribution in [0.2, 0.25) is 0 Å². The van der Waals surface area contributed by atoms with Crippen LogP contribution >= 0.6 is 0 Å². The second-order valence-electron chi connectivity index (χ2n) is 6.56. The average Bonchev–Trinajstić information content (AvgIpc) is 2.19. The molecule has 0 atom stereocenters. The van der Waals surface area contributed by atoms with Crippen molar-refractivity contribution in [3.63, 3.8) is 0 Å². The van der Waals surface area contributed by atoms with Gasteiger partial charge in [-0.25, -0.2) is 0 Å². The molecule has 0 aromatic carbocycles. The average molecular weight is 411 g/mol. The van der Waals surface area contributed by atoms with E-state index in [2.05, 4.69) is 41.5 Å². The molecule has 0 nitrogen and oxygen atoms in total. The molecule has 4 radical (unpaired) electrons. The third-order valence-corrected chi connectivity index (χ3v) is 2.60. The van der Waals surface area contributed by atoms with Crippen molar-refractivity contribution >= 4 is 49.2 Å². The summed E-state index contributed by atoms with van der Waals surface area (Å²) in [7, 11) is 0. The van der Waals surface area contributed by atoms with E-state index in [1.807, 2.05) is 40.5 Å². The molecule has 0 bridgehead atoms. The summed E-state index contributed by atoms with van der Waals surface area (Å²) in [4.78, 5) is 0. The van der Waals surface area contributed by atoms with Crippen LogP contribution in [0.3, 0.4) is 0 Å². The summed E-state index contributed by atoms with van der Waals surface area (Å²) in [6.07, 6.45) is 4.00. The first-order valence-electron chi connectivity index (χ1n) is 6.59. The van der Waals surface area contributed by atoms with Gasteiger partial charge in [-0.3, -0.25) is 0 Å². The van der Waals surface area contributed by atoms with Crippen molar-refractivity contribution < 1.29 is 0 Å². The maximum Gasteiger partial charge on any atom is 2.00 e. The van der Waals surface area contributed by atoms with Crippen molar-refractivity contribution in [2.24, 2.45) is 10.8 Å². The van der Waals surface area contributed by atoms with Crippen molar-refractivity contribution in [1.29, 1.82) is 0 Å². The summed E-state index contributed by atoms with van der Waals surface area (Å²) in [6, 6.07) is 0. The second-order valence-corrected chi connectivity index (χ2v) is 7.14. The number of hydrogen-bond donors (Lipinski definition) is 0. The molecule has 0 rings (SSSR count). The Balaban J connectivity index is -0.0000000476. The second kappa shape index (κ2) is 21.8. The van der Waals surface area contributed by atoms with E-state index in [4.69, 9.17) is 25.3 Å². The van der Waals surface area contributed by atoms with Crippen LogP contribution in [0.25, 0.3) is 0 Å². The molecule has 0 amide bonds. The zero-order valence-corrected chi connectivity index (χ0v) is 19.4. The van der Waals surface area contributed by atoms with Crippen LogP contribution in [0.5, 0.6) is 0 Å². The van der Waals surface area contributed by atoms with Crippen molar-refractivity contribution in [3.05, 3.63) is 12.8 Å². The minimum atomic E-state index is 0. The van der Waals surface area contributed by atoms with Crippen LogP contribution in [0.4, 0.5) is 0 Å². The van der Waals surface area contributed by atoms with Gasteiger partial charge in [0.25, 0.3) is 0 Å². The predicted molar refractivity (Wildman–Crippen MR) is 100 cm³/mol. The molecule has 0 saturated carbocycles. The van der Waals surface area contributed by atoms with Gasteiger partial charge < -0.3 is 25.3 Å². The van der Waals surface area contributed by atoms with Crippen molar-refractivity contribution in [2.75, 3.05) is 11.5 Å². The summed E-state index contributed by atoms with van der Waals surface area (Å²) in [5.74, 6) is 1.71. The van der Waals surface area contributed by atoms with Crippen LogP contribution in [0.1, 0.15) is 69.2 Å². The topological polar surface area (TPSA) is 0 Å². The molecule has 0 fully saturated rings. The Morgan fingerprint density at radius 1 is 0.632 bits per heavy atom. The van der Waals surface area contributed by atoms with E-state index in [1.54, 1.807) is 0 Å². The third kappa shape index (κ3) is 106. The van der Waals surface area contributed by atoms with E-state index >= 15 is 0 Å². The van der Waals surface area contributed by atoms with Gasteiger partial charge in [0.1, 0.15) is 0 Å². The maximum atomic E-state index is 4.79. The van der Waals surface area contributed by atoms with Crippen molar-refractivity contribution in [3.8, 4) is 0 Å². The Kier molecular flexibility index (Phi) is 37.2. The third-order valence-electron chi connectivity index (χ3n) is 0.866. The van der Waals surface area contributed by atoms with Gasteiger partial charge in [-0.05, 0) is 12.8 Å². The van der Waals surface area contributed by atoms with Gasteiger partial charge in [-0.1, -0.05) is 80.1 Å². The van der Waals surface area contributed by atoms with E-state index in [-0.39, 0.29) is 23.9 Å². The van der Waals surface area contributed by atoms with Gasteiger partial charge in [-0.2, -0.15) is 11.5 Å². The Hall–Kier alpha value is 1.50. The minimum absolute atomic E-state index is 0. The smallest absolute Gasteiger partial charge is 0.792 e. The van der Waals surface area contributed by atoms with Gasteiger partial charge in [0.15, 0.2) is 0 Å². The minimum Gasteiger partial charge on any atom is -0.792 e. The van der Waals surface area contributed by atoms with E-state index in [0.717, 1.165) is 11.5 Å². The number of rotatable bonds is 0.